The Bertz CT molecular complexity index is 482. The van der Waals surface area contributed by atoms with Gasteiger partial charge in [0.05, 0.1) is 0 Å². The summed E-state index contributed by atoms with van der Waals surface area (Å²) in [6.07, 6.45) is 20.5. The number of hydrogen-bond donors (Lipinski definition) is 3. The molecule has 0 aliphatic rings. The molecule has 0 bridgehead atoms. The van der Waals surface area contributed by atoms with Gasteiger partial charge in [-0.2, -0.15) is 0 Å². The van der Waals surface area contributed by atoms with E-state index in [2.05, 4.69) is 6.92 Å². The van der Waals surface area contributed by atoms with Crippen LogP contribution in [-0.2, 0) is 0 Å². The van der Waals surface area contributed by atoms with Gasteiger partial charge in [-0.1, -0.05) is 39.0 Å². The number of hydrogen-bond acceptors (Lipinski definition) is 3. The van der Waals surface area contributed by atoms with Crippen LogP contribution >= 0.6 is 7.28 Å². The first-order valence-corrected chi connectivity index (χ1v) is 14.0. The molecule has 3 N–H and O–H groups in total. The number of unbranched alkanes of at least 4 members (excludes halogenated alkanes) is 15. The van der Waals surface area contributed by atoms with Crippen LogP contribution in [0.5, 0.6) is 0 Å². The Morgan fingerprint density at radius 3 is 1.29 bits per heavy atom. The van der Waals surface area contributed by atoms with Crippen molar-refractivity contribution in [3.8, 4) is 0 Å². The first-order valence-electron chi connectivity index (χ1n) is 11.8. The fraction of sp³-hybridized carbons (Fsp3) is 0.750. The topological polar surface area (TPSA) is 60.7 Å². The van der Waals surface area contributed by atoms with Gasteiger partial charge in [-0.25, -0.2) is 0 Å². The van der Waals surface area contributed by atoms with Crippen molar-refractivity contribution in [1.82, 2.24) is 0 Å². The second-order valence-corrected chi connectivity index (χ2v) is 11.8. The Hall–Kier alpha value is -0.470. The Morgan fingerprint density at radius 2 is 0.893 bits per heavy atom. The fourth-order valence-corrected chi connectivity index (χ4v) is 5.66. The van der Waals surface area contributed by atoms with Crippen molar-refractivity contribution in [2.24, 2.45) is 0 Å². The van der Waals surface area contributed by atoms with Crippen LogP contribution in [0.15, 0.2) is 30.3 Å². The van der Waals surface area contributed by atoms with Crippen molar-refractivity contribution >= 4 is 12.6 Å². The van der Waals surface area contributed by atoms with E-state index in [4.69, 9.17) is 0 Å². The van der Waals surface area contributed by atoms with Gasteiger partial charge in [-0.3, -0.25) is 0 Å². The van der Waals surface area contributed by atoms with Gasteiger partial charge in [-0.05, 0) is 0 Å². The summed E-state index contributed by atoms with van der Waals surface area (Å²) in [4.78, 5) is 30.9. The van der Waals surface area contributed by atoms with Gasteiger partial charge < -0.3 is 0 Å². The van der Waals surface area contributed by atoms with E-state index < -0.39 is 7.28 Å². The zero-order valence-electron chi connectivity index (χ0n) is 18.2. The Balaban J connectivity index is 1.90. The molecular formula is C24H45O3P. The molecule has 1 aromatic carbocycles. The van der Waals surface area contributed by atoms with Crippen molar-refractivity contribution in [2.45, 2.75) is 110 Å². The predicted molar refractivity (Wildman–Crippen MR) is 124 cm³/mol. The Labute approximate surface area is 173 Å². The van der Waals surface area contributed by atoms with E-state index in [-0.39, 0.29) is 11.5 Å². The molecule has 0 saturated heterocycles. The van der Waals surface area contributed by atoms with Crippen molar-refractivity contribution in [3.63, 3.8) is 0 Å². The molecule has 164 valence electrons. The van der Waals surface area contributed by atoms with Crippen molar-refractivity contribution in [1.29, 1.82) is 0 Å². The van der Waals surface area contributed by atoms with Crippen LogP contribution in [0, 0.1) is 0 Å². The van der Waals surface area contributed by atoms with Crippen LogP contribution in [0.25, 0.3) is 0 Å². The third-order valence-corrected chi connectivity index (χ3v) is 8.20. The molecule has 0 unspecified atom stereocenters. The first-order chi connectivity index (χ1) is 13.4. The van der Waals surface area contributed by atoms with Gasteiger partial charge in [0.2, 0.25) is 0 Å². The second-order valence-electron chi connectivity index (χ2n) is 8.51. The second kappa shape index (κ2) is 14.5. The van der Waals surface area contributed by atoms with Gasteiger partial charge in [0.25, 0.3) is 0 Å². The molecule has 0 saturated carbocycles. The zero-order valence-corrected chi connectivity index (χ0v) is 19.1. The molecule has 4 heteroatoms. The number of benzene rings is 1. The van der Waals surface area contributed by atoms with E-state index >= 15 is 0 Å². The maximum absolute atomic E-state index is 10.3. The van der Waals surface area contributed by atoms with E-state index in [1.54, 1.807) is 24.3 Å². The van der Waals surface area contributed by atoms with Gasteiger partial charge in [0.1, 0.15) is 0 Å². The van der Waals surface area contributed by atoms with Crippen molar-refractivity contribution < 1.29 is 14.7 Å². The average molecular weight is 413 g/mol. The van der Waals surface area contributed by atoms with Gasteiger partial charge in [-0.15, -0.1) is 0 Å². The summed E-state index contributed by atoms with van der Waals surface area (Å²) in [5.74, 6) is 0. The summed E-state index contributed by atoms with van der Waals surface area (Å²) >= 11 is 0. The van der Waals surface area contributed by atoms with Crippen LogP contribution in [0.3, 0.4) is 0 Å². The third kappa shape index (κ3) is 12.2. The van der Waals surface area contributed by atoms with E-state index in [0.717, 1.165) is 12.8 Å². The molecule has 0 spiro atoms. The molecule has 0 heterocycles. The Kier molecular flexibility index (Phi) is 13.2. The van der Waals surface area contributed by atoms with Gasteiger partial charge in [0.15, 0.2) is 0 Å². The molecule has 0 atom stereocenters. The molecule has 1 aromatic rings. The van der Waals surface area contributed by atoms with Crippen LogP contribution in [0.1, 0.15) is 110 Å². The third-order valence-electron chi connectivity index (χ3n) is 5.71. The van der Waals surface area contributed by atoms with E-state index in [0.29, 0.717) is 6.42 Å². The molecule has 0 radical (unpaired) electrons. The fourth-order valence-electron chi connectivity index (χ4n) is 3.81. The molecule has 0 aliphatic carbocycles. The maximum atomic E-state index is 10.3. The summed E-state index contributed by atoms with van der Waals surface area (Å²) in [7, 11) is -4.66. The molecular weight excluding hydrogens is 367 g/mol. The molecule has 3 nitrogen and oxygen atoms in total. The monoisotopic (exact) mass is 412 g/mol. The van der Waals surface area contributed by atoms with Crippen LogP contribution in [-0.4, -0.2) is 20.8 Å². The number of rotatable bonds is 18. The summed E-state index contributed by atoms with van der Waals surface area (Å²) in [5, 5.41) is 0.273. The summed E-state index contributed by atoms with van der Waals surface area (Å²) in [6.45, 7) is 2.27. The molecule has 0 fully saturated rings. The normalized spacial score (nSPS) is 13.4. The molecule has 28 heavy (non-hydrogen) atoms. The van der Waals surface area contributed by atoms with Crippen LogP contribution in [0.2, 0.25) is 0 Å². The van der Waals surface area contributed by atoms with Crippen LogP contribution in [0.4, 0.5) is 0 Å². The Morgan fingerprint density at radius 1 is 0.536 bits per heavy atom. The predicted octanol–water partition coefficient (Wildman–Crippen LogP) is 6.85. The minimum absolute atomic E-state index is 0.0774. The van der Waals surface area contributed by atoms with Crippen molar-refractivity contribution in [3.05, 3.63) is 30.3 Å². The quantitative estimate of drug-likeness (QED) is 0.182. The SMILES string of the molecule is CCCCCCCCCCCCCCCCCCP(O)(O)(O)c1ccccc1. The van der Waals surface area contributed by atoms with Crippen LogP contribution < -0.4 is 5.30 Å². The average Bonchev–Trinajstić information content (AvgIpc) is 2.68. The molecule has 1 rings (SSSR count). The van der Waals surface area contributed by atoms with E-state index in [1.165, 1.54) is 83.5 Å². The standard InChI is InChI=1S/C24H45O3P/c1-2-3-4-5-6-7-8-9-10-11-12-13-14-15-16-20-23-28(25,26,27)24-21-18-17-19-22-24/h17-19,21-22,25-27H,2-16,20,23H2,1H3. The summed E-state index contributed by atoms with van der Waals surface area (Å²) < 4.78 is 0. The molecule has 0 aliphatic heterocycles. The van der Waals surface area contributed by atoms with Crippen molar-refractivity contribution in [2.75, 3.05) is 6.16 Å². The zero-order chi connectivity index (χ0) is 20.6. The minimum atomic E-state index is -4.66. The van der Waals surface area contributed by atoms with E-state index in [1.807, 2.05) is 6.07 Å². The molecule has 0 aromatic heterocycles. The summed E-state index contributed by atoms with van der Waals surface area (Å²) in [5.41, 5.74) is 0. The van der Waals surface area contributed by atoms with Gasteiger partial charge >= 0.3 is 134 Å². The van der Waals surface area contributed by atoms with Gasteiger partial charge in [0, 0.05) is 0 Å². The molecule has 0 amide bonds. The van der Waals surface area contributed by atoms with E-state index in [9.17, 15) is 14.7 Å². The summed E-state index contributed by atoms with van der Waals surface area (Å²) in [6, 6.07) is 8.47. The first kappa shape index (κ1) is 25.6.